The molecule has 1 aromatic rings. The van der Waals surface area contributed by atoms with Gasteiger partial charge in [-0.2, -0.15) is 0 Å². The zero-order chi connectivity index (χ0) is 15.9. The van der Waals surface area contributed by atoms with Crippen LogP contribution < -0.4 is 10.6 Å². The lowest BCUT2D eigenvalue weighted by Crippen LogP contribution is -2.43. The normalized spacial score (nSPS) is 18.5. The van der Waals surface area contributed by atoms with E-state index < -0.39 is 0 Å². The predicted molar refractivity (Wildman–Crippen MR) is 99.3 cm³/mol. The minimum atomic E-state index is 0.245. The van der Waals surface area contributed by atoms with Crippen molar-refractivity contribution in [3.8, 4) is 0 Å². The summed E-state index contributed by atoms with van der Waals surface area (Å²) in [7, 11) is 0. The molecule has 1 saturated carbocycles. The quantitative estimate of drug-likeness (QED) is 0.742. The third-order valence-corrected chi connectivity index (χ3v) is 5.14. The Kier molecular flexibility index (Phi) is 6.69. The molecule has 2 rings (SSSR count). The monoisotopic (exact) mass is 318 g/mol. The maximum absolute atomic E-state index is 5.47. The number of benzene rings is 1. The minimum absolute atomic E-state index is 0.245. The van der Waals surface area contributed by atoms with E-state index in [1.165, 1.54) is 49.7 Å². The van der Waals surface area contributed by atoms with Gasteiger partial charge in [-0.15, -0.1) is 0 Å². The molecule has 0 radical (unpaired) electrons. The molecular weight excluding hydrogens is 288 g/mol. The number of hydrogen-bond acceptors (Lipinski definition) is 1. The highest BCUT2D eigenvalue weighted by molar-refractivity contribution is 7.80. The number of rotatable bonds is 5. The van der Waals surface area contributed by atoms with Gasteiger partial charge in [-0.05, 0) is 55.4 Å². The van der Waals surface area contributed by atoms with E-state index in [1.807, 2.05) is 0 Å². The Balaban J connectivity index is 1.85. The highest BCUT2D eigenvalue weighted by Crippen LogP contribution is 2.21. The van der Waals surface area contributed by atoms with E-state index in [1.54, 1.807) is 0 Å². The SMILES string of the molecule is CC[C@@H](C)c1ccc([C@H](C)NC(=S)NC2CCCCC2)cc1. The molecule has 0 amide bonds. The molecule has 1 aromatic carbocycles. The van der Waals surface area contributed by atoms with Crippen molar-refractivity contribution in [2.75, 3.05) is 0 Å². The van der Waals surface area contributed by atoms with E-state index in [0.29, 0.717) is 12.0 Å². The van der Waals surface area contributed by atoms with Crippen molar-refractivity contribution in [2.45, 2.75) is 77.3 Å². The van der Waals surface area contributed by atoms with Crippen LogP contribution in [0.25, 0.3) is 0 Å². The third-order valence-electron chi connectivity index (χ3n) is 4.91. The zero-order valence-electron chi connectivity index (χ0n) is 14.2. The lowest BCUT2D eigenvalue weighted by Gasteiger charge is -2.26. The molecule has 0 unspecified atom stereocenters. The summed E-state index contributed by atoms with van der Waals surface area (Å²) in [5.41, 5.74) is 2.71. The molecular formula is C19H30N2S. The van der Waals surface area contributed by atoms with E-state index >= 15 is 0 Å². The molecule has 2 atom stereocenters. The van der Waals surface area contributed by atoms with Gasteiger partial charge >= 0.3 is 0 Å². The molecule has 2 nitrogen and oxygen atoms in total. The number of nitrogens with one attached hydrogen (secondary N) is 2. The molecule has 122 valence electrons. The summed E-state index contributed by atoms with van der Waals surface area (Å²) in [4.78, 5) is 0. The molecule has 0 spiro atoms. The van der Waals surface area contributed by atoms with Crippen molar-refractivity contribution in [3.63, 3.8) is 0 Å². The molecule has 1 fully saturated rings. The van der Waals surface area contributed by atoms with Crippen molar-refractivity contribution in [3.05, 3.63) is 35.4 Å². The second-order valence-electron chi connectivity index (χ2n) is 6.65. The Morgan fingerprint density at radius 3 is 2.27 bits per heavy atom. The smallest absolute Gasteiger partial charge is 0.166 e. The van der Waals surface area contributed by atoms with Gasteiger partial charge in [0.25, 0.3) is 0 Å². The predicted octanol–water partition coefficient (Wildman–Crippen LogP) is 5.06. The molecule has 0 heterocycles. The van der Waals surface area contributed by atoms with Gasteiger partial charge in [0.2, 0.25) is 0 Å². The second-order valence-corrected chi connectivity index (χ2v) is 7.06. The molecule has 0 aromatic heterocycles. The van der Waals surface area contributed by atoms with Gasteiger partial charge in [0.1, 0.15) is 0 Å². The first-order valence-corrected chi connectivity index (χ1v) is 9.17. The van der Waals surface area contributed by atoms with Crippen LogP contribution in [0.2, 0.25) is 0 Å². The van der Waals surface area contributed by atoms with Crippen molar-refractivity contribution < 1.29 is 0 Å². The van der Waals surface area contributed by atoms with Gasteiger partial charge in [-0.25, -0.2) is 0 Å². The number of hydrogen-bond donors (Lipinski definition) is 2. The highest BCUT2D eigenvalue weighted by Gasteiger charge is 2.15. The Morgan fingerprint density at radius 1 is 1.09 bits per heavy atom. The van der Waals surface area contributed by atoms with Gasteiger partial charge < -0.3 is 10.6 Å². The standard InChI is InChI=1S/C19H30N2S/c1-4-14(2)16-10-12-17(13-11-16)15(3)20-19(22)21-18-8-6-5-7-9-18/h10-15,18H,4-9H2,1-3H3,(H2,20,21,22)/t14-,15+/m1/s1. The van der Waals surface area contributed by atoms with Crippen molar-refractivity contribution in [1.29, 1.82) is 0 Å². The van der Waals surface area contributed by atoms with Crippen molar-refractivity contribution in [1.82, 2.24) is 10.6 Å². The first-order valence-electron chi connectivity index (χ1n) is 8.77. The van der Waals surface area contributed by atoms with Crippen molar-refractivity contribution in [2.24, 2.45) is 0 Å². The summed E-state index contributed by atoms with van der Waals surface area (Å²) < 4.78 is 0. The van der Waals surface area contributed by atoms with E-state index in [9.17, 15) is 0 Å². The van der Waals surface area contributed by atoms with Crippen LogP contribution in [0.4, 0.5) is 0 Å². The zero-order valence-corrected chi connectivity index (χ0v) is 15.0. The van der Waals surface area contributed by atoms with Crippen LogP contribution in [0, 0.1) is 0 Å². The lowest BCUT2D eigenvalue weighted by molar-refractivity contribution is 0.411. The van der Waals surface area contributed by atoms with E-state index in [-0.39, 0.29) is 6.04 Å². The molecule has 3 heteroatoms. The average Bonchev–Trinajstić information content (AvgIpc) is 2.55. The van der Waals surface area contributed by atoms with Crippen LogP contribution in [0.1, 0.15) is 82.4 Å². The van der Waals surface area contributed by atoms with Gasteiger partial charge in [0.05, 0.1) is 6.04 Å². The Morgan fingerprint density at radius 2 is 1.68 bits per heavy atom. The molecule has 0 bridgehead atoms. The topological polar surface area (TPSA) is 24.1 Å². The Bertz CT molecular complexity index is 463. The first kappa shape index (κ1) is 17.3. The van der Waals surface area contributed by atoms with Crippen LogP contribution in [0.3, 0.4) is 0 Å². The lowest BCUT2D eigenvalue weighted by atomic mass is 9.95. The fraction of sp³-hybridized carbons (Fsp3) is 0.632. The van der Waals surface area contributed by atoms with Gasteiger partial charge in [0, 0.05) is 6.04 Å². The Labute approximate surface area is 141 Å². The van der Waals surface area contributed by atoms with E-state index in [2.05, 4.69) is 55.7 Å². The van der Waals surface area contributed by atoms with Gasteiger partial charge in [0.15, 0.2) is 5.11 Å². The van der Waals surface area contributed by atoms with E-state index in [0.717, 1.165) is 5.11 Å². The largest absolute Gasteiger partial charge is 0.360 e. The molecule has 1 aliphatic rings. The average molecular weight is 319 g/mol. The van der Waals surface area contributed by atoms with E-state index in [4.69, 9.17) is 12.2 Å². The molecule has 0 aliphatic heterocycles. The molecule has 22 heavy (non-hydrogen) atoms. The fourth-order valence-corrected chi connectivity index (χ4v) is 3.45. The summed E-state index contributed by atoms with van der Waals surface area (Å²) in [5.74, 6) is 0.631. The molecule has 2 N–H and O–H groups in total. The first-order chi connectivity index (χ1) is 10.6. The minimum Gasteiger partial charge on any atom is -0.360 e. The highest BCUT2D eigenvalue weighted by atomic mass is 32.1. The third kappa shape index (κ3) is 4.98. The summed E-state index contributed by atoms with van der Waals surface area (Å²) in [6, 6.07) is 9.76. The second kappa shape index (κ2) is 8.52. The van der Waals surface area contributed by atoms with Crippen molar-refractivity contribution >= 4 is 17.3 Å². The maximum Gasteiger partial charge on any atom is 0.166 e. The van der Waals surface area contributed by atoms with Crippen LogP contribution in [0.15, 0.2) is 24.3 Å². The number of thiocarbonyl (C=S) groups is 1. The Hall–Kier alpha value is -1.09. The van der Waals surface area contributed by atoms with Crippen LogP contribution in [-0.4, -0.2) is 11.2 Å². The summed E-state index contributed by atoms with van der Waals surface area (Å²) in [6.07, 6.45) is 7.71. The van der Waals surface area contributed by atoms with Crippen LogP contribution in [-0.2, 0) is 0 Å². The summed E-state index contributed by atoms with van der Waals surface area (Å²) in [5, 5.41) is 7.70. The van der Waals surface area contributed by atoms with Gasteiger partial charge in [-0.3, -0.25) is 0 Å². The van der Waals surface area contributed by atoms with Gasteiger partial charge in [-0.1, -0.05) is 57.4 Å². The van der Waals surface area contributed by atoms with Crippen LogP contribution >= 0.6 is 12.2 Å². The molecule has 0 saturated heterocycles. The fourth-order valence-electron chi connectivity index (χ4n) is 3.10. The maximum atomic E-state index is 5.47. The van der Waals surface area contributed by atoms with Crippen LogP contribution in [0.5, 0.6) is 0 Å². The summed E-state index contributed by atoms with van der Waals surface area (Å²) in [6.45, 7) is 6.69. The summed E-state index contributed by atoms with van der Waals surface area (Å²) >= 11 is 5.47. The molecule has 1 aliphatic carbocycles.